The summed E-state index contributed by atoms with van der Waals surface area (Å²) in [6, 6.07) is 29.1. The monoisotopic (exact) mass is 768 g/mol. The molecule has 5 N–H and O–H groups in total. The first-order chi connectivity index (χ1) is 25.8. The lowest BCUT2D eigenvalue weighted by molar-refractivity contribution is -0.150. The highest BCUT2D eigenvalue weighted by atomic mass is 32.2. The zero-order valence-corrected chi connectivity index (χ0v) is 30.5. The molecule has 18 heteroatoms. The number of fused-ring (bicyclic) bond motifs is 1. The first-order valence-electron chi connectivity index (χ1n) is 16.3. The number of carboxylic acids is 1. The van der Waals surface area contributed by atoms with Crippen LogP contribution in [0.3, 0.4) is 0 Å². The number of carboxylic acid groups (broad SMARTS) is 1. The molecule has 0 radical (unpaired) electrons. The third kappa shape index (κ3) is 6.95. The maximum absolute atomic E-state index is 13.9. The second-order valence-corrected chi connectivity index (χ2v) is 14.6. The number of thioether (sulfide) groups is 2. The van der Waals surface area contributed by atoms with E-state index >= 15 is 0 Å². The molecule has 0 unspecified atom stereocenters. The Bertz CT molecular complexity index is 2080. The first-order valence-corrected chi connectivity index (χ1v) is 19.2. The number of carbonyl (C=O) groups is 3. The van der Waals surface area contributed by atoms with E-state index in [0.717, 1.165) is 33.2 Å². The number of nitrogens with two attached hydrogens (primary N) is 1. The van der Waals surface area contributed by atoms with Gasteiger partial charge >= 0.3 is 5.97 Å². The van der Waals surface area contributed by atoms with Crippen LogP contribution in [0.1, 0.15) is 29.3 Å². The predicted molar refractivity (Wildman–Crippen MR) is 201 cm³/mol. The Balaban J connectivity index is 1.14. The van der Waals surface area contributed by atoms with Gasteiger partial charge in [0.25, 0.3) is 11.8 Å². The van der Waals surface area contributed by atoms with Crippen LogP contribution in [0.2, 0.25) is 0 Å². The number of tetrazole rings is 1. The molecule has 0 spiro atoms. The van der Waals surface area contributed by atoms with E-state index in [4.69, 9.17) is 15.7 Å². The molecule has 3 aromatic carbocycles. The minimum Gasteiger partial charge on any atom is -0.477 e. The van der Waals surface area contributed by atoms with Crippen molar-refractivity contribution < 1.29 is 24.3 Å². The SMILES string of the molecule is CCON=C(C(=O)N[C@@H]1C(=O)N2C(C(=O)O)=C(CSc3nnnn3N)CS[C@@H]12)c1csc(NC(c2ccccc2)(c2ccccc2)c2ccccc2)n1. The zero-order valence-electron chi connectivity index (χ0n) is 28.0. The smallest absolute Gasteiger partial charge is 0.352 e. The standard InChI is InChI=1S/C35H32N10O5S3/c1-2-50-41-26(29(46)38-27-30(47)44-28(32(48)49)21(18-51-31(27)44)19-53-34-40-42-43-45(34)36)25-20-52-33(37-25)39-35(22-12-6-3-7-13-22,23-14-8-4-9-15-23)24-16-10-5-11-17-24/h3-17,20,27,31H,2,18-19,36H2,1H3,(H,37,39)(H,38,46)(H,48,49)/t27-,31+/m1/s1. The van der Waals surface area contributed by atoms with Crippen molar-refractivity contribution in [2.75, 3.05) is 29.3 Å². The highest BCUT2D eigenvalue weighted by Crippen LogP contribution is 2.42. The van der Waals surface area contributed by atoms with Crippen LogP contribution in [0.25, 0.3) is 0 Å². The molecule has 0 aliphatic carbocycles. The van der Waals surface area contributed by atoms with Gasteiger partial charge in [-0.3, -0.25) is 14.5 Å². The van der Waals surface area contributed by atoms with Crippen molar-refractivity contribution in [3.8, 4) is 0 Å². The van der Waals surface area contributed by atoms with Crippen LogP contribution in [0.4, 0.5) is 5.13 Å². The van der Waals surface area contributed by atoms with Crippen LogP contribution in [-0.4, -0.2) is 88.3 Å². The third-order valence-electron chi connectivity index (χ3n) is 8.54. The van der Waals surface area contributed by atoms with Crippen LogP contribution in [0, 0.1) is 0 Å². The summed E-state index contributed by atoms with van der Waals surface area (Å²) in [4.78, 5) is 52.0. The number of hydrogen-bond donors (Lipinski definition) is 4. The lowest BCUT2D eigenvalue weighted by Crippen LogP contribution is -2.71. The quantitative estimate of drug-likeness (QED) is 0.0320. The van der Waals surface area contributed by atoms with E-state index < -0.39 is 34.7 Å². The van der Waals surface area contributed by atoms with Crippen molar-refractivity contribution >= 4 is 63.5 Å². The highest BCUT2D eigenvalue weighted by molar-refractivity contribution is 8.01. The van der Waals surface area contributed by atoms with Gasteiger partial charge in [0.05, 0.1) is 0 Å². The molecular weight excluding hydrogens is 737 g/mol. The summed E-state index contributed by atoms with van der Waals surface area (Å²) in [6.45, 7) is 1.92. The van der Waals surface area contributed by atoms with Gasteiger partial charge in [-0.1, -0.05) is 113 Å². The number of amides is 2. The van der Waals surface area contributed by atoms with Gasteiger partial charge in [0.15, 0.2) is 10.8 Å². The molecule has 0 saturated carbocycles. The fraction of sp³-hybridized carbons (Fsp3) is 0.200. The summed E-state index contributed by atoms with van der Waals surface area (Å²) in [5.41, 5.74) is 2.55. The molecule has 270 valence electrons. The number of nitrogen functional groups attached to an aromatic ring is 1. The number of benzene rings is 3. The van der Waals surface area contributed by atoms with E-state index in [2.05, 4.69) is 67.7 Å². The summed E-state index contributed by atoms with van der Waals surface area (Å²) in [5, 5.41) is 33.4. The van der Waals surface area contributed by atoms with Crippen LogP contribution < -0.4 is 16.5 Å². The summed E-state index contributed by atoms with van der Waals surface area (Å²) in [7, 11) is 0. The van der Waals surface area contributed by atoms with Gasteiger partial charge in [-0.15, -0.1) is 27.9 Å². The Labute approximate surface area is 315 Å². The van der Waals surface area contributed by atoms with Gasteiger partial charge in [0.1, 0.15) is 35.0 Å². The van der Waals surface area contributed by atoms with Crippen molar-refractivity contribution in [2.45, 2.75) is 29.0 Å². The number of carbonyl (C=O) groups excluding carboxylic acids is 2. The summed E-state index contributed by atoms with van der Waals surface area (Å²) >= 11 is 3.78. The van der Waals surface area contributed by atoms with Gasteiger partial charge in [-0.05, 0) is 39.6 Å². The number of β-lactam (4-membered cyclic amide) rings is 1. The molecule has 15 nitrogen and oxygen atoms in total. The summed E-state index contributed by atoms with van der Waals surface area (Å²) < 4.78 is 0. The Morgan fingerprint density at radius 1 is 1.04 bits per heavy atom. The number of thiazole rings is 1. The Hall–Kier alpha value is -5.72. The van der Waals surface area contributed by atoms with Crippen molar-refractivity contribution in [1.82, 2.24) is 35.5 Å². The van der Waals surface area contributed by atoms with Crippen molar-refractivity contribution in [3.05, 3.63) is 130 Å². The van der Waals surface area contributed by atoms with Gasteiger partial charge in [-0.25, -0.2) is 9.78 Å². The number of anilines is 1. The molecule has 1 fully saturated rings. The molecule has 7 rings (SSSR count). The van der Waals surface area contributed by atoms with Gasteiger partial charge in [-0.2, -0.15) is 0 Å². The Morgan fingerprint density at radius 3 is 2.21 bits per heavy atom. The maximum Gasteiger partial charge on any atom is 0.352 e. The number of aromatic nitrogens is 5. The summed E-state index contributed by atoms with van der Waals surface area (Å²) in [6.07, 6.45) is 0. The van der Waals surface area contributed by atoms with E-state index in [1.807, 2.05) is 54.6 Å². The molecule has 53 heavy (non-hydrogen) atoms. The van der Waals surface area contributed by atoms with Crippen LogP contribution >= 0.6 is 34.9 Å². The zero-order chi connectivity index (χ0) is 37.0. The minimum atomic E-state index is -1.25. The Kier molecular flexibility index (Phi) is 10.4. The second kappa shape index (κ2) is 15.5. The molecular formula is C35H32N10O5S3. The Morgan fingerprint density at radius 2 is 1.66 bits per heavy atom. The molecule has 4 heterocycles. The number of nitrogens with zero attached hydrogens (tertiary/aromatic N) is 7. The lowest BCUT2D eigenvalue weighted by Gasteiger charge is -2.49. The highest BCUT2D eigenvalue weighted by Gasteiger charge is 2.54. The van der Waals surface area contributed by atoms with E-state index in [-0.39, 0.29) is 29.5 Å². The predicted octanol–water partition coefficient (Wildman–Crippen LogP) is 3.52. The van der Waals surface area contributed by atoms with Gasteiger partial charge < -0.3 is 26.4 Å². The van der Waals surface area contributed by atoms with Crippen LogP contribution in [-0.2, 0) is 24.8 Å². The molecule has 2 aliphatic heterocycles. The van der Waals surface area contributed by atoms with E-state index in [9.17, 15) is 19.5 Å². The maximum atomic E-state index is 13.9. The van der Waals surface area contributed by atoms with Crippen molar-refractivity contribution in [3.63, 3.8) is 0 Å². The molecule has 1 saturated heterocycles. The van der Waals surface area contributed by atoms with E-state index in [0.29, 0.717) is 21.6 Å². The fourth-order valence-electron chi connectivity index (χ4n) is 6.15. The number of aliphatic carboxylic acids is 1. The average molecular weight is 769 g/mol. The average Bonchev–Trinajstić information content (AvgIpc) is 3.83. The largest absolute Gasteiger partial charge is 0.477 e. The van der Waals surface area contributed by atoms with Gasteiger partial charge in [0.2, 0.25) is 5.16 Å². The van der Waals surface area contributed by atoms with Crippen molar-refractivity contribution in [2.24, 2.45) is 5.16 Å². The molecule has 0 bridgehead atoms. The third-order valence-corrected chi connectivity index (χ3v) is 11.7. The minimum absolute atomic E-state index is 0.126. The number of rotatable bonds is 14. The number of hydrogen-bond acceptors (Lipinski definition) is 14. The molecule has 2 aliphatic rings. The molecule has 5 aromatic rings. The molecule has 2 aromatic heterocycles. The normalized spacial score (nSPS) is 17.2. The van der Waals surface area contributed by atoms with Crippen LogP contribution in [0.5, 0.6) is 0 Å². The second-order valence-electron chi connectivity index (χ2n) is 11.7. The van der Waals surface area contributed by atoms with Crippen molar-refractivity contribution in [1.29, 1.82) is 0 Å². The molecule has 2 amide bonds. The van der Waals surface area contributed by atoms with E-state index in [1.165, 1.54) is 28.0 Å². The van der Waals surface area contributed by atoms with E-state index in [1.54, 1.807) is 12.3 Å². The molecule has 2 atom stereocenters. The topological polar surface area (TPSA) is 203 Å². The number of nitrogens with one attached hydrogen (secondary N) is 2. The number of oxime groups is 1. The first kappa shape index (κ1) is 35.7. The van der Waals surface area contributed by atoms with Crippen LogP contribution in [0.15, 0.2) is 118 Å². The fourth-order valence-corrected chi connectivity index (χ4v) is 9.18. The summed E-state index contributed by atoms with van der Waals surface area (Å²) in [5.74, 6) is 3.68. The lowest BCUT2D eigenvalue weighted by atomic mass is 9.77. The van der Waals surface area contributed by atoms with Gasteiger partial charge in [0, 0.05) is 16.9 Å².